The van der Waals surface area contributed by atoms with Crippen LogP contribution < -0.4 is 4.90 Å². The van der Waals surface area contributed by atoms with Crippen LogP contribution in [0.2, 0.25) is 0 Å². The molecule has 2 aromatic heterocycles. The van der Waals surface area contributed by atoms with Gasteiger partial charge in [0.25, 0.3) is 0 Å². The molecule has 1 aliphatic carbocycles. The molecule has 9 nitrogen and oxygen atoms in total. The first-order valence-electron chi connectivity index (χ1n) is 14.9. The summed E-state index contributed by atoms with van der Waals surface area (Å²) in [6.07, 6.45) is 7.14. The number of benzene rings is 1. The molecule has 216 valence electrons. The van der Waals surface area contributed by atoms with Crippen molar-refractivity contribution in [2.45, 2.75) is 44.2 Å². The number of fused-ring (bicyclic) bond motifs is 1. The predicted molar refractivity (Wildman–Crippen MR) is 157 cm³/mol. The summed E-state index contributed by atoms with van der Waals surface area (Å²) in [5.74, 6) is 0.292. The number of nitrogens with zero attached hydrogens (tertiary/aromatic N) is 6. The Labute approximate surface area is 241 Å². The maximum atomic E-state index is 12.8. The Morgan fingerprint density at radius 1 is 1.10 bits per heavy atom. The Morgan fingerprint density at radius 3 is 2.44 bits per heavy atom. The number of methoxy groups -OCH3 is 1. The first kappa shape index (κ1) is 27.7. The van der Waals surface area contributed by atoms with Gasteiger partial charge in [0.1, 0.15) is 0 Å². The zero-order valence-electron chi connectivity index (χ0n) is 24.1. The number of hydrogen-bond donors (Lipinski definition) is 1. The molecule has 0 spiro atoms. The largest absolute Gasteiger partial charge is 0.395 e. The lowest BCUT2D eigenvalue weighted by atomic mass is 9.75. The minimum Gasteiger partial charge on any atom is -0.395 e. The smallest absolute Gasteiger partial charge is 0.225 e. The molecular weight excluding hydrogens is 516 g/mol. The van der Waals surface area contributed by atoms with Crippen molar-refractivity contribution in [1.82, 2.24) is 19.4 Å². The predicted octanol–water partition coefficient (Wildman–Crippen LogP) is 3.52. The van der Waals surface area contributed by atoms with Gasteiger partial charge in [-0.05, 0) is 55.9 Å². The minimum absolute atomic E-state index is 0.0277. The number of amides is 1. The number of piperidine rings is 1. The van der Waals surface area contributed by atoms with E-state index in [1.165, 1.54) is 5.56 Å². The molecule has 0 bridgehead atoms. The van der Waals surface area contributed by atoms with Gasteiger partial charge in [-0.15, -0.1) is 0 Å². The summed E-state index contributed by atoms with van der Waals surface area (Å²) in [7, 11) is 1.81. The third kappa shape index (κ3) is 5.21. The Morgan fingerprint density at radius 2 is 1.80 bits per heavy atom. The molecule has 4 heterocycles. The second kappa shape index (κ2) is 11.4. The molecule has 2 saturated heterocycles. The molecule has 41 heavy (non-hydrogen) atoms. The van der Waals surface area contributed by atoms with Crippen molar-refractivity contribution in [2.24, 2.45) is 11.8 Å². The molecule has 6 rings (SSSR count). The van der Waals surface area contributed by atoms with Crippen LogP contribution in [0.15, 0.2) is 48.8 Å². The van der Waals surface area contributed by atoms with Crippen LogP contribution in [0.25, 0.3) is 16.6 Å². The van der Waals surface area contributed by atoms with Crippen LogP contribution in [0.4, 0.5) is 5.69 Å². The van der Waals surface area contributed by atoms with E-state index >= 15 is 0 Å². The topological polar surface area (TPSA) is 97.3 Å². The summed E-state index contributed by atoms with van der Waals surface area (Å²) in [6.45, 7) is 7.02. The fourth-order valence-corrected chi connectivity index (χ4v) is 6.79. The standard InChI is InChI=1S/C32H40N6O3/c1-23(22-39)35-11-8-32(41-2,9-12-35)28-5-3-25(4-6-28)27-19-30-29(7-10-34-38(30)21-27)36-13-15-37(16-14-36)31(40)26-17-24(18-26)20-33/h3-7,10,19,21,23-24,26,39H,8-9,11-18,22H2,1-2H3/t23-,24?,26?/m1/s1. The summed E-state index contributed by atoms with van der Waals surface area (Å²) >= 11 is 0. The summed E-state index contributed by atoms with van der Waals surface area (Å²) in [4.78, 5) is 19.5. The van der Waals surface area contributed by atoms with E-state index in [0.29, 0.717) is 25.9 Å². The first-order valence-corrected chi connectivity index (χ1v) is 14.9. The zero-order valence-corrected chi connectivity index (χ0v) is 24.1. The summed E-state index contributed by atoms with van der Waals surface area (Å²) < 4.78 is 8.06. The second-order valence-corrected chi connectivity index (χ2v) is 11.9. The highest BCUT2D eigenvalue weighted by atomic mass is 16.5. The summed E-state index contributed by atoms with van der Waals surface area (Å²) in [5.41, 5.74) is 5.32. The van der Waals surface area contributed by atoms with Crippen LogP contribution >= 0.6 is 0 Å². The molecule has 0 radical (unpaired) electrons. The molecule has 9 heteroatoms. The number of carbonyl (C=O) groups is 1. The van der Waals surface area contributed by atoms with Crippen molar-refractivity contribution in [3.63, 3.8) is 0 Å². The van der Waals surface area contributed by atoms with Crippen LogP contribution in [0, 0.1) is 23.2 Å². The SMILES string of the molecule is COC1(c2ccc(-c3cc4c(N5CCN(C(=O)C6CC(C#N)C6)CC5)ccnn4c3)cc2)CCN([C@H](C)CO)CC1. The van der Waals surface area contributed by atoms with E-state index in [1.54, 1.807) is 7.11 Å². The highest BCUT2D eigenvalue weighted by molar-refractivity contribution is 5.82. The molecule has 3 aliphatic rings. The van der Waals surface area contributed by atoms with E-state index in [1.807, 2.05) is 15.6 Å². The van der Waals surface area contributed by atoms with Gasteiger partial charge >= 0.3 is 0 Å². The van der Waals surface area contributed by atoms with Gasteiger partial charge in [0.05, 0.1) is 29.5 Å². The van der Waals surface area contributed by atoms with Gasteiger partial charge in [-0.3, -0.25) is 9.69 Å². The quantitative estimate of drug-likeness (QED) is 0.476. The van der Waals surface area contributed by atoms with Crippen LogP contribution in [-0.2, 0) is 15.1 Å². The van der Waals surface area contributed by atoms with E-state index in [9.17, 15) is 9.90 Å². The lowest BCUT2D eigenvalue weighted by Crippen LogP contribution is -2.52. The number of anilines is 1. The van der Waals surface area contributed by atoms with Crippen LogP contribution in [-0.4, -0.2) is 89.5 Å². The number of aliphatic hydroxyl groups is 1. The number of hydrogen-bond acceptors (Lipinski definition) is 7. The van der Waals surface area contributed by atoms with Crippen molar-refractivity contribution in [3.05, 3.63) is 54.4 Å². The number of carbonyl (C=O) groups excluding carboxylic acids is 1. The third-order valence-corrected chi connectivity index (χ3v) is 9.72. The molecule has 3 fully saturated rings. The van der Waals surface area contributed by atoms with Crippen molar-refractivity contribution < 1.29 is 14.6 Å². The lowest BCUT2D eigenvalue weighted by molar-refractivity contribution is -0.139. The molecule has 2 aliphatic heterocycles. The van der Waals surface area contributed by atoms with Crippen molar-refractivity contribution in [2.75, 3.05) is 57.9 Å². The van der Waals surface area contributed by atoms with Crippen LogP contribution in [0.5, 0.6) is 0 Å². The highest BCUT2D eigenvalue weighted by Gasteiger charge is 2.38. The number of ether oxygens (including phenoxy) is 1. The fraction of sp³-hybridized carbons (Fsp3) is 0.531. The summed E-state index contributed by atoms with van der Waals surface area (Å²) in [5, 5.41) is 23.2. The number of aromatic nitrogens is 2. The second-order valence-electron chi connectivity index (χ2n) is 11.9. The molecule has 3 aromatic rings. The van der Waals surface area contributed by atoms with Crippen molar-refractivity contribution in [1.29, 1.82) is 5.26 Å². The van der Waals surface area contributed by atoms with Gasteiger partial charge in [-0.25, -0.2) is 4.52 Å². The van der Waals surface area contributed by atoms with Crippen LogP contribution in [0.3, 0.4) is 0 Å². The number of nitriles is 1. The molecule has 1 amide bonds. The van der Waals surface area contributed by atoms with E-state index in [4.69, 9.17) is 10.00 Å². The Bertz CT molecular complexity index is 1410. The average Bonchev–Trinajstić information content (AvgIpc) is 3.45. The van der Waals surface area contributed by atoms with Crippen LogP contribution in [0.1, 0.15) is 38.2 Å². The van der Waals surface area contributed by atoms with E-state index < -0.39 is 0 Å². The monoisotopic (exact) mass is 556 g/mol. The normalized spacial score (nSPS) is 23.7. The van der Waals surface area contributed by atoms with E-state index in [-0.39, 0.29) is 36.0 Å². The van der Waals surface area contributed by atoms with Crippen molar-refractivity contribution >= 4 is 17.1 Å². The average molecular weight is 557 g/mol. The molecule has 0 unspecified atom stereocenters. The minimum atomic E-state index is -0.302. The maximum absolute atomic E-state index is 12.8. The molecule has 1 atom stereocenters. The molecule has 1 saturated carbocycles. The Hall–Kier alpha value is -3.45. The molecule has 1 aromatic carbocycles. The maximum Gasteiger partial charge on any atom is 0.225 e. The van der Waals surface area contributed by atoms with Gasteiger partial charge < -0.3 is 19.6 Å². The van der Waals surface area contributed by atoms with Gasteiger partial charge in [0.2, 0.25) is 5.91 Å². The van der Waals surface area contributed by atoms with Gasteiger partial charge in [0, 0.05) is 82.2 Å². The van der Waals surface area contributed by atoms with Crippen molar-refractivity contribution in [3.8, 4) is 17.2 Å². The Balaban J connectivity index is 1.14. The van der Waals surface area contributed by atoms with Gasteiger partial charge in [-0.2, -0.15) is 10.4 Å². The van der Waals surface area contributed by atoms with Gasteiger partial charge in [0.15, 0.2) is 0 Å². The molecule has 1 N–H and O–H groups in total. The number of rotatable bonds is 7. The van der Waals surface area contributed by atoms with E-state index in [0.717, 1.165) is 61.4 Å². The third-order valence-electron chi connectivity index (χ3n) is 9.72. The number of piperazine rings is 1. The number of aliphatic hydroxyl groups excluding tert-OH is 1. The van der Waals surface area contributed by atoms with Gasteiger partial charge in [-0.1, -0.05) is 24.3 Å². The fourth-order valence-electron chi connectivity index (χ4n) is 6.79. The lowest BCUT2D eigenvalue weighted by Gasteiger charge is -2.43. The Kier molecular flexibility index (Phi) is 7.73. The number of likely N-dealkylation sites (tertiary alicyclic amines) is 1. The summed E-state index contributed by atoms with van der Waals surface area (Å²) in [6, 6.07) is 15.4. The highest BCUT2D eigenvalue weighted by Crippen LogP contribution is 2.38. The van der Waals surface area contributed by atoms with E-state index in [2.05, 4.69) is 70.5 Å². The molecular formula is C32H40N6O3. The first-order chi connectivity index (χ1) is 19.9. The zero-order chi connectivity index (χ0) is 28.6.